The second kappa shape index (κ2) is 7.48. The first-order chi connectivity index (χ1) is 8.52. The average molecular weight is 269 g/mol. The SMILES string of the molecule is CCC(C)NC(=O)CCNC(C)c1csc(C)n1. The highest BCUT2D eigenvalue weighted by Crippen LogP contribution is 2.15. The number of rotatable bonds is 7. The second-order valence-electron chi connectivity index (χ2n) is 4.59. The number of aryl methyl sites for hydroxylation is 1. The number of carbonyl (C=O) groups excluding carboxylic acids is 1. The molecule has 1 heterocycles. The molecule has 1 aromatic rings. The summed E-state index contributed by atoms with van der Waals surface area (Å²) in [6.45, 7) is 8.84. The van der Waals surface area contributed by atoms with Gasteiger partial charge < -0.3 is 10.6 Å². The minimum Gasteiger partial charge on any atom is -0.354 e. The first-order valence-electron chi connectivity index (χ1n) is 6.47. The Labute approximate surface area is 113 Å². The third kappa shape index (κ3) is 5.14. The zero-order valence-corrected chi connectivity index (χ0v) is 12.4. The van der Waals surface area contributed by atoms with Crippen LogP contribution in [0.15, 0.2) is 5.38 Å². The van der Waals surface area contributed by atoms with Crippen molar-refractivity contribution in [2.75, 3.05) is 6.54 Å². The van der Waals surface area contributed by atoms with Crippen molar-refractivity contribution in [3.8, 4) is 0 Å². The molecule has 0 aliphatic heterocycles. The number of hydrogen-bond acceptors (Lipinski definition) is 4. The fraction of sp³-hybridized carbons (Fsp3) is 0.692. The van der Waals surface area contributed by atoms with Gasteiger partial charge in [-0.25, -0.2) is 4.98 Å². The standard InChI is InChI=1S/C13H23N3OS/c1-5-9(2)15-13(17)6-7-14-10(3)12-8-18-11(4)16-12/h8-10,14H,5-7H2,1-4H3,(H,15,17). The van der Waals surface area contributed by atoms with Gasteiger partial charge in [0, 0.05) is 30.4 Å². The van der Waals surface area contributed by atoms with Crippen molar-refractivity contribution >= 4 is 17.2 Å². The summed E-state index contributed by atoms with van der Waals surface area (Å²) in [4.78, 5) is 16.0. The summed E-state index contributed by atoms with van der Waals surface area (Å²) in [5.74, 6) is 0.110. The van der Waals surface area contributed by atoms with Crippen molar-refractivity contribution < 1.29 is 4.79 Å². The van der Waals surface area contributed by atoms with E-state index < -0.39 is 0 Å². The zero-order valence-electron chi connectivity index (χ0n) is 11.6. The molecule has 1 amide bonds. The molecule has 2 N–H and O–H groups in total. The molecule has 0 radical (unpaired) electrons. The van der Waals surface area contributed by atoms with Crippen LogP contribution in [-0.2, 0) is 4.79 Å². The molecule has 0 saturated heterocycles. The van der Waals surface area contributed by atoms with Crippen molar-refractivity contribution in [3.63, 3.8) is 0 Å². The van der Waals surface area contributed by atoms with E-state index in [4.69, 9.17) is 0 Å². The Kier molecular flexibility index (Phi) is 6.29. The Balaban J connectivity index is 2.23. The Hall–Kier alpha value is -0.940. The van der Waals surface area contributed by atoms with Crippen LogP contribution in [0, 0.1) is 6.92 Å². The van der Waals surface area contributed by atoms with Gasteiger partial charge in [0.2, 0.25) is 5.91 Å². The minimum atomic E-state index is 0.110. The molecule has 0 fully saturated rings. The van der Waals surface area contributed by atoms with Crippen LogP contribution in [0.4, 0.5) is 0 Å². The number of nitrogens with zero attached hydrogens (tertiary/aromatic N) is 1. The van der Waals surface area contributed by atoms with Crippen LogP contribution < -0.4 is 10.6 Å². The number of nitrogens with one attached hydrogen (secondary N) is 2. The summed E-state index contributed by atoms with van der Waals surface area (Å²) in [5.41, 5.74) is 1.06. The molecule has 18 heavy (non-hydrogen) atoms. The van der Waals surface area contributed by atoms with Gasteiger partial charge in [-0.15, -0.1) is 11.3 Å². The Morgan fingerprint density at radius 3 is 2.78 bits per heavy atom. The zero-order chi connectivity index (χ0) is 13.5. The number of aromatic nitrogens is 1. The molecule has 0 aromatic carbocycles. The third-order valence-corrected chi connectivity index (χ3v) is 3.69. The molecule has 1 aromatic heterocycles. The molecule has 1 rings (SSSR count). The van der Waals surface area contributed by atoms with E-state index in [1.54, 1.807) is 11.3 Å². The predicted octanol–water partition coefficient (Wildman–Crippen LogP) is 2.41. The molecule has 0 aliphatic carbocycles. The van der Waals surface area contributed by atoms with Crippen molar-refractivity contribution in [2.24, 2.45) is 0 Å². The lowest BCUT2D eigenvalue weighted by atomic mass is 10.2. The fourth-order valence-electron chi connectivity index (χ4n) is 1.53. The first-order valence-corrected chi connectivity index (χ1v) is 7.35. The minimum absolute atomic E-state index is 0.110. The molecule has 0 spiro atoms. The monoisotopic (exact) mass is 269 g/mol. The highest BCUT2D eigenvalue weighted by molar-refractivity contribution is 7.09. The summed E-state index contributed by atoms with van der Waals surface area (Å²) in [6.07, 6.45) is 1.48. The maximum Gasteiger partial charge on any atom is 0.221 e. The van der Waals surface area contributed by atoms with Crippen LogP contribution in [0.2, 0.25) is 0 Å². The van der Waals surface area contributed by atoms with E-state index in [1.165, 1.54) is 0 Å². The van der Waals surface area contributed by atoms with Crippen LogP contribution >= 0.6 is 11.3 Å². The maximum atomic E-state index is 11.6. The third-order valence-electron chi connectivity index (χ3n) is 2.90. The largest absolute Gasteiger partial charge is 0.354 e. The molecule has 0 aliphatic rings. The molecule has 2 unspecified atom stereocenters. The molecular formula is C13H23N3OS. The average Bonchev–Trinajstić information content (AvgIpc) is 2.75. The summed E-state index contributed by atoms with van der Waals surface area (Å²) < 4.78 is 0. The van der Waals surface area contributed by atoms with Crippen LogP contribution in [0.25, 0.3) is 0 Å². The second-order valence-corrected chi connectivity index (χ2v) is 5.66. The van der Waals surface area contributed by atoms with Crippen molar-refractivity contribution in [1.29, 1.82) is 0 Å². The van der Waals surface area contributed by atoms with E-state index in [0.717, 1.165) is 17.1 Å². The highest BCUT2D eigenvalue weighted by atomic mass is 32.1. The van der Waals surface area contributed by atoms with Crippen molar-refractivity contribution in [1.82, 2.24) is 15.6 Å². The Morgan fingerprint density at radius 1 is 1.50 bits per heavy atom. The van der Waals surface area contributed by atoms with Crippen LogP contribution in [-0.4, -0.2) is 23.5 Å². The summed E-state index contributed by atoms with van der Waals surface area (Å²) in [5, 5.41) is 9.41. The first kappa shape index (κ1) is 15.1. The number of thiazole rings is 1. The molecule has 4 nitrogen and oxygen atoms in total. The van der Waals surface area contributed by atoms with Crippen molar-refractivity contribution in [3.05, 3.63) is 16.1 Å². The molecule has 102 valence electrons. The normalized spacial score (nSPS) is 14.2. The molecule has 5 heteroatoms. The van der Waals surface area contributed by atoms with Crippen LogP contribution in [0.1, 0.15) is 50.4 Å². The summed E-state index contributed by atoms with van der Waals surface area (Å²) >= 11 is 1.65. The van der Waals surface area contributed by atoms with E-state index in [2.05, 4.69) is 34.8 Å². The van der Waals surface area contributed by atoms with Gasteiger partial charge in [-0.2, -0.15) is 0 Å². The van der Waals surface area contributed by atoms with Gasteiger partial charge in [-0.1, -0.05) is 6.92 Å². The van der Waals surface area contributed by atoms with Crippen molar-refractivity contribution in [2.45, 2.75) is 52.6 Å². The molecule has 2 atom stereocenters. The lowest BCUT2D eigenvalue weighted by Crippen LogP contribution is -2.34. The van der Waals surface area contributed by atoms with E-state index in [-0.39, 0.29) is 18.0 Å². The molecule has 0 bridgehead atoms. The van der Waals surface area contributed by atoms with E-state index >= 15 is 0 Å². The highest BCUT2D eigenvalue weighted by Gasteiger charge is 2.09. The Bertz CT molecular complexity index is 378. The van der Waals surface area contributed by atoms with Gasteiger partial charge in [0.1, 0.15) is 0 Å². The van der Waals surface area contributed by atoms with Gasteiger partial charge in [0.15, 0.2) is 0 Å². The number of amides is 1. The smallest absolute Gasteiger partial charge is 0.221 e. The maximum absolute atomic E-state index is 11.6. The quantitative estimate of drug-likeness (QED) is 0.799. The Morgan fingerprint density at radius 2 is 2.22 bits per heavy atom. The predicted molar refractivity (Wildman–Crippen MR) is 75.8 cm³/mol. The number of carbonyl (C=O) groups is 1. The topological polar surface area (TPSA) is 54.0 Å². The van der Waals surface area contributed by atoms with Gasteiger partial charge >= 0.3 is 0 Å². The van der Waals surface area contributed by atoms with Gasteiger partial charge in [0.25, 0.3) is 0 Å². The van der Waals surface area contributed by atoms with E-state index in [1.807, 2.05) is 13.8 Å². The van der Waals surface area contributed by atoms with Gasteiger partial charge in [-0.05, 0) is 27.2 Å². The number of hydrogen-bond donors (Lipinski definition) is 2. The summed E-state index contributed by atoms with van der Waals surface area (Å²) in [7, 11) is 0. The van der Waals surface area contributed by atoms with E-state index in [0.29, 0.717) is 13.0 Å². The van der Waals surface area contributed by atoms with Crippen LogP contribution in [0.3, 0.4) is 0 Å². The molecular weight excluding hydrogens is 246 g/mol. The van der Waals surface area contributed by atoms with Gasteiger partial charge in [-0.3, -0.25) is 4.79 Å². The fourth-order valence-corrected chi connectivity index (χ4v) is 2.24. The molecule has 0 saturated carbocycles. The lowest BCUT2D eigenvalue weighted by molar-refractivity contribution is -0.121. The van der Waals surface area contributed by atoms with Crippen LogP contribution in [0.5, 0.6) is 0 Å². The van der Waals surface area contributed by atoms with E-state index in [9.17, 15) is 4.79 Å². The lowest BCUT2D eigenvalue weighted by Gasteiger charge is -2.13. The summed E-state index contributed by atoms with van der Waals surface area (Å²) in [6, 6.07) is 0.461. The van der Waals surface area contributed by atoms with Gasteiger partial charge in [0.05, 0.1) is 10.7 Å².